The Kier molecular flexibility index (Phi) is 19.4. The maximum atomic E-state index is 4.65. The zero-order valence-corrected chi connectivity index (χ0v) is 5.78. The SMILES string of the molecule is CC[O][Ta].[SrH2]. The second-order valence-electron chi connectivity index (χ2n) is 0.418. The van der Waals surface area contributed by atoms with Crippen molar-refractivity contribution in [3.63, 3.8) is 0 Å². The van der Waals surface area contributed by atoms with Gasteiger partial charge in [0.25, 0.3) is 0 Å². The van der Waals surface area contributed by atoms with Crippen molar-refractivity contribution in [1.29, 1.82) is 0 Å². The van der Waals surface area contributed by atoms with E-state index in [1.165, 1.54) is 0 Å². The Morgan fingerprint density at radius 1 is 1.80 bits per heavy atom. The van der Waals surface area contributed by atoms with Crippen LogP contribution in [0.1, 0.15) is 6.92 Å². The Hall–Kier alpha value is 2.18. The van der Waals surface area contributed by atoms with E-state index in [4.69, 9.17) is 0 Å². The molecule has 0 atom stereocenters. The van der Waals surface area contributed by atoms with Crippen LogP contribution >= 0.6 is 0 Å². The molecule has 0 aromatic carbocycles. The summed E-state index contributed by atoms with van der Waals surface area (Å²) in [6.07, 6.45) is 0. The van der Waals surface area contributed by atoms with E-state index in [9.17, 15) is 0 Å². The van der Waals surface area contributed by atoms with E-state index >= 15 is 0 Å². The van der Waals surface area contributed by atoms with Gasteiger partial charge in [0.15, 0.2) is 0 Å². The molecule has 0 aliphatic carbocycles. The summed E-state index contributed by atoms with van der Waals surface area (Å²) in [5.74, 6) is 0. The first-order valence-electron chi connectivity index (χ1n) is 1.18. The molecule has 0 aromatic heterocycles. The molecule has 0 rings (SSSR count). The zero-order valence-electron chi connectivity index (χ0n) is 2.56. The molecule has 0 saturated carbocycles. The van der Waals surface area contributed by atoms with Gasteiger partial charge in [-0.1, -0.05) is 0 Å². The molecule has 0 bridgehead atoms. The first-order chi connectivity index (χ1) is 1.91. The van der Waals surface area contributed by atoms with Crippen molar-refractivity contribution in [3.8, 4) is 0 Å². The van der Waals surface area contributed by atoms with Gasteiger partial charge < -0.3 is 0 Å². The molecule has 28 valence electrons. The van der Waals surface area contributed by atoms with Crippen molar-refractivity contribution in [2.24, 2.45) is 0 Å². The van der Waals surface area contributed by atoms with Crippen LogP contribution < -0.4 is 0 Å². The summed E-state index contributed by atoms with van der Waals surface area (Å²) >= 11 is 1.05. The van der Waals surface area contributed by atoms with Crippen molar-refractivity contribution < 1.29 is 24.7 Å². The summed E-state index contributed by atoms with van der Waals surface area (Å²) in [6, 6.07) is 0. The minimum absolute atomic E-state index is 0. The van der Waals surface area contributed by atoms with Gasteiger partial charge in [0.1, 0.15) is 0 Å². The first kappa shape index (κ1) is 10.2. The van der Waals surface area contributed by atoms with Gasteiger partial charge in [-0.25, -0.2) is 0 Å². The second kappa shape index (κ2) is 9.49. The van der Waals surface area contributed by atoms with Gasteiger partial charge in [-0.05, 0) is 0 Å². The first-order valence-corrected chi connectivity index (χ1v) is 2.49. The van der Waals surface area contributed by atoms with Crippen molar-refractivity contribution in [1.82, 2.24) is 0 Å². The van der Waals surface area contributed by atoms with Crippen molar-refractivity contribution in [3.05, 3.63) is 0 Å². The molecule has 0 aromatic rings. The van der Waals surface area contributed by atoms with Crippen LogP contribution in [0.5, 0.6) is 0 Å². The van der Waals surface area contributed by atoms with Crippen molar-refractivity contribution >= 4 is 45.5 Å². The topological polar surface area (TPSA) is 9.23 Å². The van der Waals surface area contributed by atoms with Crippen molar-refractivity contribution in [2.45, 2.75) is 6.92 Å². The molecular weight excluding hydrogens is 309 g/mol. The third kappa shape index (κ3) is 10.7. The number of hydrogen-bond acceptors (Lipinski definition) is 1. The van der Waals surface area contributed by atoms with Gasteiger partial charge >= 0.3 is 83.7 Å². The van der Waals surface area contributed by atoms with Crippen LogP contribution in [0, 0.1) is 0 Å². The second-order valence-corrected chi connectivity index (χ2v) is 1.35. The van der Waals surface area contributed by atoms with E-state index in [1.807, 2.05) is 6.92 Å². The fraction of sp³-hybridized carbons (Fsp3) is 1.00. The van der Waals surface area contributed by atoms with Crippen LogP contribution in [0.25, 0.3) is 0 Å². The summed E-state index contributed by atoms with van der Waals surface area (Å²) in [4.78, 5) is 0. The molecular formula is C2H7OSrTa. The Morgan fingerprint density at radius 2 is 2.00 bits per heavy atom. The Labute approximate surface area is 82.1 Å². The molecule has 0 spiro atoms. The Balaban J connectivity index is 0. The molecule has 0 aliphatic rings. The van der Waals surface area contributed by atoms with Crippen LogP contribution in [0.2, 0.25) is 0 Å². The molecule has 5 heavy (non-hydrogen) atoms. The quantitative estimate of drug-likeness (QED) is 0.597. The van der Waals surface area contributed by atoms with E-state index in [-0.39, 0.29) is 45.5 Å². The standard InChI is InChI=1S/C2H5O.Sr.Ta.2H/c1-2-3;;;;/h2H2,1H3;;;;/q-1;;+1;;. The molecule has 0 saturated heterocycles. The monoisotopic (exact) mass is 316 g/mol. The van der Waals surface area contributed by atoms with Crippen LogP contribution in [0.15, 0.2) is 0 Å². The van der Waals surface area contributed by atoms with Crippen LogP contribution in [0.3, 0.4) is 0 Å². The fourth-order valence-corrected chi connectivity index (χ4v) is 0. The van der Waals surface area contributed by atoms with Gasteiger partial charge in [0, 0.05) is 0 Å². The maximum absolute atomic E-state index is 4.65. The molecule has 0 N–H and O–H groups in total. The summed E-state index contributed by atoms with van der Waals surface area (Å²) in [5.41, 5.74) is 0. The van der Waals surface area contributed by atoms with Gasteiger partial charge in [-0.15, -0.1) is 0 Å². The fourth-order valence-electron chi connectivity index (χ4n) is 0. The Bertz CT molecular complexity index is 11.6. The molecule has 0 aliphatic heterocycles. The average molecular weight is 316 g/mol. The van der Waals surface area contributed by atoms with Crippen molar-refractivity contribution in [2.75, 3.05) is 6.61 Å². The molecule has 3 heteroatoms. The molecule has 1 nitrogen and oxygen atoms in total. The Morgan fingerprint density at radius 3 is 2.00 bits per heavy atom. The summed E-state index contributed by atoms with van der Waals surface area (Å²) in [5, 5.41) is 0. The number of rotatable bonds is 1. The number of hydrogen-bond donors (Lipinski definition) is 0. The summed E-state index contributed by atoms with van der Waals surface area (Å²) in [7, 11) is 0. The summed E-state index contributed by atoms with van der Waals surface area (Å²) < 4.78 is 4.65. The van der Waals surface area contributed by atoms with Crippen LogP contribution in [-0.2, 0) is 24.7 Å². The van der Waals surface area contributed by atoms with E-state index < -0.39 is 0 Å². The van der Waals surface area contributed by atoms with Gasteiger partial charge in [0.2, 0.25) is 0 Å². The van der Waals surface area contributed by atoms with E-state index in [1.54, 1.807) is 0 Å². The molecule has 0 heterocycles. The van der Waals surface area contributed by atoms with Crippen LogP contribution in [0.4, 0.5) is 0 Å². The third-order valence-electron chi connectivity index (χ3n) is 0.129. The van der Waals surface area contributed by atoms with Gasteiger partial charge in [0.05, 0.1) is 0 Å². The van der Waals surface area contributed by atoms with Crippen LogP contribution in [-0.4, -0.2) is 52.1 Å². The predicted octanol–water partition coefficient (Wildman–Crippen LogP) is -0.431. The minimum atomic E-state index is 0. The van der Waals surface area contributed by atoms with Gasteiger partial charge in [-0.2, -0.15) is 0 Å². The molecule has 0 unspecified atom stereocenters. The third-order valence-corrected chi connectivity index (χ3v) is 1.06. The molecule has 0 fully saturated rings. The van der Waals surface area contributed by atoms with E-state index in [2.05, 4.69) is 3.24 Å². The normalized spacial score (nSPS) is 5.80. The average Bonchev–Trinajstić information content (AvgIpc) is 1.37. The molecule has 0 radical (unpaired) electrons. The predicted molar refractivity (Wildman–Crippen MR) is 20.2 cm³/mol. The van der Waals surface area contributed by atoms with E-state index in [0.29, 0.717) is 0 Å². The molecule has 0 amide bonds. The zero-order chi connectivity index (χ0) is 3.41. The summed E-state index contributed by atoms with van der Waals surface area (Å²) in [6.45, 7) is 2.85. The van der Waals surface area contributed by atoms with E-state index in [0.717, 1.165) is 28.1 Å². The van der Waals surface area contributed by atoms with Gasteiger partial charge in [-0.3, -0.25) is 0 Å².